The number of hydrogen-bond donors (Lipinski definition) is 1. The highest BCUT2D eigenvalue weighted by Crippen LogP contribution is 2.29. The summed E-state index contributed by atoms with van der Waals surface area (Å²) >= 11 is 0. The van der Waals surface area contributed by atoms with Crippen LogP contribution in [0, 0.1) is 5.92 Å². The number of benzene rings is 2. The van der Waals surface area contributed by atoms with Gasteiger partial charge < -0.3 is 19.5 Å². The average molecular weight is 414 g/mol. The molecule has 0 aromatic heterocycles. The van der Waals surface area contributed by atoms with Crippen LogP contribution in [0.4, 0.5) is 5.69 Å². The molecule has 6 heteroatoms. The molecule has 0 radical (unpaired) electrons. The lowest BCUT2D eigenvalue weighted by molar-refractivity contribution is -0.119. The Morgan fingerprint density at radius 1 is 1.03 bits per heavy atom. The summed E-state index contributed by atoms with van der Waals surface area (Å²) in [6.07, 6.45) is 0.959. The summed E-state index contributed by atoms with van der Waals surface area (Å²) < 4.78 is 16.2. The summed E-state index contributed by atoms with van der Waals surface area (Å²) in [7, 11) is 1.51. The van der Waals surface area contributed by atoms with Crippen LogP contribution in [0.3, 0.4) is 0 Å². The number of rotatable bonds is 10. The number of anilines is 1. The number of ether oxygens (including phenoxy) is 3. The summed E-state index contributed by atoms with van der Waals surface area (Å²) in [6, 6.07) is 12.5. The van der Waals surface area contributed by atoms with Crippen LogP contribution >= 0.6 is 0 Å². The Balaban J connectivity index is 1.98. The molecular weight excluding hydrogens is 382 g/mol. The molecule has 1 N–H and O–H groups in total. The number of nitrogens with one attached hydrogen (secondary N) is 1. The van der Waals surface area contributed by atoms with Crippen molar-refractivity contribution in [2.75, 3.05) is 25.6 Å². The molecule has 6 nitrogen and oxygen atoms in total. The maximum Gasteiger partial charge on any atom is 0.338 e. The normalized spacial score (nSPS) is 11.7. The second-order valence-corrected chi connectivity index (χ2v) is 7.59. The van der Waals surface area contributed by atoms with Gasteiger partial charge in [0.25, 0.3) is 5.91 Å². The fourth-order valence-electron chi connectivity index (χ4n) is 2.83. The van der Waals surface area contributed by atoms with Crippen LogP contribution in [-0.2, 0) is 9.53 Å². The zero-order valence-corrected chi connectivity index (χ0v) is 18.4. The molecule has 2 aromatic rings. The van der Waals surface area contributed by atoms with Crippen molar-refractivity contribution in [3.8, 4) is 11.5 Å². The molecule has 162 valence electrons. The summed E-state index contributed by atoms with van der Waals surface area (Å²) in [5, 5.41) is 2.83. The lowest BCUT2D eigenvalue weighted by Crippen LogP contribution is -2.21. The van der Waals surface area contributed by atoms with Gasteiger partial charge in [-0.25, -0.2) is 4.79 Å². The van der Waals surface area contributed by atoms with Gasteiger partial charge in [-0.2, -0.15) is 0 Å². The van der Waals surface area contributed by atoms with Crippen molar-refractivity contribution >= 4 is 17.6 Å². The van der Waals surface area contributed by atoms with Crippen LogP contribution in [0.2, 0.25) is 0 Å². The topological polar surface area (TPSA) is 73.9 Å². The highest BCUT2D eigenvalue weighted by Gasteiger charge is 2.16. The minimum atomic E-state index is -0.603. The summed E-state index contributed by atoms with van der Waals surface area (Å²) in [5.41, 5.74) is 2.08. The minimum Gasteiger partial charge on any atom is -0.493 e. The molecule has 0 aliphatic carbocycles. The Kier molecular flexibility index (Phi) is 8.71. The van der Waals surface area contributed by atoms with Gasteiger partial charge in [0.15, 0.2) is 18.1 Å². The predicted molar refractivity (Wildman–Crippen MR) is 117 cm³/mol. The summed E-state index contributed by atoms with van der Waals surface area (Å²) in [5.74, 6) is 0.687. The van der Waals surface area contributed by atoms with Gasteiger partial charge in [-0.1, -0.05) is 45.9 Å². The van der Waals surface area contributed by atoms with Gasteiger partial charge in [0.05, 0.1) is 19.3 Å². The number of para-hydroxylation sites is 1. The van der Waals surface area contributed by atoms with Crippen molar-refractivity contribution in [1.29, 1.82) is 0 Å². The van der Waals surface area contributed by atoms with Gasteiger partial charge in [0, 0.05) is 5.69 Å². The molecule has 0 aliphatic rings. The highest BCUT2D eigenvalue weighted by molar-refractivity contribution is 5.96. The van der Waals surface area contributed by atoms with E-state index in [1.165, 1.54) is 7.11 Å². The van der Waals surface area contributed by atoms with E-state index >= 15 is 0 Å². The fraction of sp³-hybridized carbons (Fsp3) is 0.417. The van der Waals surface area contributed by atoms with Crippen LogP contribution in [0.15, 0.2) is 42.5 Å². The third kappa shape index (κ3) is 6.51. The molecule has 2 aromatic carbocycles. The molecule has 0 spiro atoms. The first-order chi connectivity index (χ1) is 14.3. The van der Waals surface area contributed by atoms with E-state index in [0.29, 0.717) is 29.9 Å². The van der Waals surface area contributed by atoms with Crippen LogP contribution in [0.1, 0.15) is 56.0 Å². The summed E-state index contributed by atoms with van der Waals surface area (Å²) in [4.78, 5) is 24.7. The minimum absolute atomic E-state index is 0.288. The van der Waals surface area contributed by atoms with Gasteiger partial charge in [-0.05, 0) is 48.1 Å². The van der Waals surface area contributed by atoms with E-state index in [9.17, 15) is 9.59 Å². The Morgan fingerprint density at radius 3 is 2.43 bits per heavy atom. The maximum absolute atomic E-state index is 12.4. The van der Waals surface area contributed by atoms with Crippen molar-refractivity contribution in [2.45, 2.75) is 40.0 Å². The van der Waals surface area contributed by atoms with Crippen LogP contribution < -0.4 is 14.8 Å². The molecule has 30 heavy (non-hydrogen) atoms. The van der Waals surface area contributed by atoms with E-state index in [0.717, 1.165) is 17.7 Å². The lowest BCUT2D eigenvalue weighted by atomic mass is 9.97. The number of carbonyl (C=O) groups excluding carboxylic acids is 2. The quantitative estimate of drug-likeness (QED) is 0.553. The maximum atomic E-state index is 12.4. The third-order valence-electron chi connectivity index (χ3n) is 4.68. The molecule has 0 aliphatic heterocycles. The first-order valence-electron chi connectivity index (χ1n) is 10.2. The van der Waals surface area contributed by atoms with Gasteiger partial charge in [-0.3, -0.25) is 4.79 Å². The van der Waals surface area contributed by atoms with Crippen molar-refractivity contribution in [3.05, 3.63) is 53.6 Å². The zero-order chi connectivity index (χ0) is 22.1. The van der Waals surface area contributed by atoms with Crippen LogP contribution in [0.25, 0.3) is 0 Å². The first kappa shape index (κ1) is 23.3. The standard InChI is InChI=1S/C24H31NO5/c1-6-17(4)19-9-7-8-10-20(19)25-23(26)15-30-24(27)18-11-12-21(22(13-18)28-5)29-14-16(2)3/h7-13,16-17H,6,14-15H2,1-5H3,(H,25,26)/t17-/m1/s1. The molecule has 2 rings (SSSR count). The second-order valence-electron chi connectivity index (χ2n) is 7.59. The highest BCUT2D eigenvalue weighted by atomic mass is 16.5. The zero-order valence-electron chi connectivity index (χ0n) is 18.4. The molecule has 0 saturated carbocycles. The van der Waals surface area contributed by atoms with E-state index in [-0.39, 0.29) is 18.1 Å². The van der Waals surface area contributed by atoms with E-state index < -0.39 is 5.97 Å². The van der Waals surface area contributed by atoms with Gasteiger partial charge >= 0.3 is 5.97 Å². The Morgan fingerprint density at radius 2 is 1.77 bits per heavy atom. The van der Waals surface area contributed by atoms with E-state index in [1.54, 1.807) is 18.2 Å². The monoisotopic (exact) mass is 413 g/mol. The Bertz CT molecular complexity index is 862. The second kappa shape index (κ2) is 11.2. The smallest absolute Gasteiger partial charge is 0.338 e. The van der Waals surface area contributed by atoms with Gasteiger partial charge in [0.1, 0.15) is 0 Å². The van der Waals surface area contributed by atoms with Crippen molar-refractivity contribution in [3.63, 3.8) is 0 Å². The number of esters is 1. The fourth-order valence-corrected chi connectivity index (χ4v) is 2.83. The van der Waals surface area contributed by atoms with Gasteiger partial charge in [0.2, 0.25) is 0 Å². The van der Waals surface area contributed by atoms with Gasteiger partial charge in [-0.15, -0.1) is 0 Å². The number of methoxy groups -OCH3 is 1. The number of hydrogen-bond acceptors (Lipinski definition) is 5. The van der Waals surface area contributed by atoms with Crippen molar-refractivity contribution in [1.82, 2.24) is 0 Å². The average Bonchev–Trinajstić information content (AvgIpc) is 2.75. The SMILES string of the molecule is CC[C@@H](C)c1ccccc1NC(=O)COC(=O)c1ccc(OCC(C)C)c(OC)c1. The van der Waals surface area contributed by atoms with Crippen LogP contribution in [-0.4, -0.2) is 32.2 Å². The number of amides is 1. The molecule has 0 unspecified atom stereocenters. The van der Waals surface area contributed by atoms with E-state index in [1.807, 2.05) is 38.1 Å². The summed E-state index contributed by atoms with van der Waals surface area (Å²) in [6.45, 7) is 8.46. The van der Waals surface area contributed by atoms with E-state index in [4.69, 9.17) is 14.2 Å². The first-order valence-corrected chi connectivity index (χ1v) is 10.2. The molecule has 1 atom stereocenters. The largest absolute Gasteiger partial charge is 0.493 e. The van der Waals surface area contributed by atoms with Crippen molar-refractivity contribution < 1.29 is 23.8 Å². The number of carbonyl (C=O) groups is 2. The lowest BCUT2D eigenvalue weighted by Gasteiger charge is -2.16. The Hall–Kier alpha value is -3.02. The molecule has 0 fully saturated rings. The van der Waals surface area contributed by atoms with Crippen LogP contribution in [0.5, 0.6) is 11.5 Å². The van der Waals surface area contributed by atoms with Crippen molar-refractivity contribution in [2.24, 2.45) is 5.92 Å². The molecule has 1 amide bonds. The molecule has 0 bridgehead atoms. The Labute approximate surface area is 178 Å². The molecule has 0 heterocycles. The molecular formula is C24H31NO5. The predicted octanol–water partition coefficient (Wildman–Crippen LogP) is 5.04. The van der Waals surface area contributed by atoms with E-state index in [2.05, 4.69) is 19.2 Å². The molecule has 0 saturated heterocycles. The third-order valence-corrected chi connectivity index (χ3v) is 4.68.